The van der Waals surface area contributed by atoms with E-state index in [2.05, 4.69) is 24.4 Å². The summed E-state index contributed by atoms with van der Waals surface area (Å²) in [7, 11) is 0. The highest BCUT2D eigenvalue weighted by Crippen LogP contribution is 2.14. The van der Waals surface area contributed by atoms with Gasteiger partial charge in [-0.15, -0.1) is 0 Å². The number of anilines is 1. The number of furan rings is 1. The second-order valence-electron chi connectivity index (χ2n) is 5.29. The maximum atomic E-state index is 11.8. The maximum absolute atomic E-state index is 11.8. The quantitative estimate of drug-likeness (QED) is 0.690. The first-order valence-electron chi connectivity index (χ1n) is 7.73. The Bertz CT molecular complexity index is 529. The van der Waals surface area contributed by atoms with Gasteiger partial charge in [0, 0.05) is 5.69 Å². The molecule has 3 heteroatoms. The van der Waals surface area contributed by atoms with Gasteiger partial charge in [0.15, 0.2) is 5.76 Å². The molecule has 0 aliphatic heterocycles. The van der Waals surface area contributed by atoms with Crippen LogP contribution in [0.1, 0.15) is 55.1 Å². The highest BCUT2D eigenvalue weighted by molar-refractivity contribution is 6.02. The zero-order valence-corrected chi connectivity index (χ0v) is 12.6. The van der Waals surface area contributed by atoms with Crippen LogP contribution in [-0.4, -0.2) is 5.91 Å². The Kier molecular flexibility index (Phi) is 6.07. The molecule has 0 aliphatic rings. The number of carbonyl (C=O) groups is 1. The molecule has 112 valence electrons. The van der Waals surface area contributed by atoms with Crippen LogP contribution in [0.2, 0.25) is 0 Å². The van der Waals surface area contributed by atoms with E-state index in [1.807, 2.05) is 12.1 Å². The van der Waals surface area contributed by atoms with Gasteiger partial charge in [0.1, 0.15) is 0 Å². The summed E-state index contributed by atoms with van der Waals surface area (Å²) in [6.07, 6.45) is 9.07. The molecule has 1 amide bonds. The van der Waals surface area contributed by atoms with Crippen molar-refractivity contribution in [3.05, 3.63) is 54.0 Å². The molecule has 0 saturated heterocycles. The van der Waals surface area contributed by atoms with Gasteiger partial charge in [0.25, 0.3) is 5.91 Å². The van der Waals surface area contributed by atoms with Crippen molar-refractivity contribution in [3.63, 3.8) is 0 Å². The van der Waals surface area contributed by atoms with Crippen molar-refractivity contribution in [2.45, 2.75) is 45.4 Å². The standard InChI is InChI=1S/C18H23NO2/c1-2-3-4-5-6-8-15-10-12-16(13-11-15)19-18(20)17-9-7-14-21-17/h7,9-14H,2-6,8H2,1H3,(H,19,20). The van der Waals surface area contributed by atoms with Gasteiger partial charge in [-0.05, 0) is 42.7 Å². The summed E-state index contributed by atoms with van der Waals surface area (Å²) >= 11 is 0. The fraction of sp³-hybridized carbons (Fsp3) is 0.389. The molecular weight excluding hydrogens is 262 g/mol. The Morgan fingerprint density at radius 1 is 1.05 bits per heavy atom. The minimum Gasteiger partial charge on any atom is -0.459 e. The lowest BCUT2D eigenvalue weighted by molar-refractivity contribution is 0.0996. The topological polar surface area (TPSA) is 42.2 Å². The van der Waals surface area contributed by atoms with Crippen LogP contribution >= 0.6 is 0 Å². The van der Waals surface area contributed by atoms with Crippen molar-refractivity contribution < 1.29 is 9.21 Å². The van der Waals surface area contributed by atoms with Crippen molar-refractivity contribution in [1.29, 1.82) is 0 Å². The molecule has 0 atom stereocenters. The molecule has 1 aromatic carbocycles. The third kappa shape index (κ3) is 5.10. The summed E-state index contributed by atoms with van der Waals surface area (Å²) in [5, 5.41) is 2.82. The van der Waals surface area contributed by atoms with Crippen LogP contribution in [0.15, 0.2) is 47.1 Å². The van der Waals surface area contributed by atoms with Crippen LogP contribution in [0.4, 0.5) is 5.69 Å². The van der Waals surface area contributed by atoms with E-state index in [9.17, 15) is 4.79 Å². The smallest absolute Gasteiger partial charge is 0.291 e. The van der Waals surface area contributed by atoms with Crippen molar-refractivity contribution in [2.24, 2.45) is 0 Å². The number of carbonyl (C=O) groups excluding carboxylic acids is 1. The molecule has 2 aromatic rings. The minimum absolute atomic E-state index is 0.215. The van der Waals surface area contributed by atoms with Gasteiger partial charge in [0.2, 0.25) is 0 Å². The lowest BCUT2D eigenvalue weighted by atomic mass is 10.1. The summed E-state index contributed by atoms with van der Waals surface area (Å²) in [5.74, 6) is 0.113. The van der Waals surface area contributed by atoms with Crippen LogP contribution in [0.25, 0.3) is 0 Å². The molecule has 0 aliphatic carbocycles. The van der Waals surface area contributed by atoms with E-state index >= 15 is 0 Å². The summed E-state index contributed by atoms with van der Waals surface area (Å²) in [5.41, 5.74) is 2.12. The summed E-state index contributed by atoms with van der Waals surface area (Å²) in [6, 6.07) is 11.4. The zero-order chi connectivity index (χ0) is 14.9. The van der Waals surface area contributed by atoms with Gasteiger partial charge in [0.05, 0.1) is 6.26 Å². The van der Waals surface area contributed by atoms with Crippen LogP contribution in [0, 0.1) is 0 Å². The summed E-state index contributed by atoms with van der Waals surface area (Å²) in [4.78, 5) is 11.8. The predicted molar refractivity (Wildman–Crippen MR) is 85.6 cm³/mol. The van der Waals surface area contributed by atoms with Gasteiger partial charge in [-0.1, -0.05) is 44.7 Å². The number of hydrogen-bond acceptors (Lipinski definition) is 2. The lowest BCUT2D eigenvalue weighted by Crippen LogP contribution is -2.10. The van der Waals surface area contributed by atoms with Gasteiger partial charge in [-0.25, -0.2) is 0 Å². The van der Waals surface area contributed by atoms with Gasteiger partial charge >= 0.3 is 0 Å². The Labute approximate surface area is 126 Å². The molecule has 1 aromatic heterocycles. The molecule has 0 spiro atoms. The molecule has 0 saturated carbocycles. The first-order valence-corrected chi connectivity index (χ1v) is 7.73. The Hall–Kier alpha value is -2.03. The largest absolute Gasteiger partial charge is 0.459 e. The zero-order valence-electron chi connectivity index (χ0n) is 12.6. The highest BCUT2D eigenvalue weighted by atomic mass is 16.3. The van der Waals surface area contributed by atoms with Crippen molar-refractivity contribution in [1.82, 2.24) is 0 Å². The Morgan fingerprint density at radius 2 is 1.81 bits per heavy atom. The van der Waals surface area contributed by atoms with Crippen LogP contribution in [0.3, 0.4) is 0 Å². The van der Waals surface area contributed by atoms with Crippen molar-refractivity contribution in [2.75, 3.05) is 5.32 Å². The summed E-state index contributed by atoms with van der Waals surface area (Å²) in [6.45, 7) is 2.23. The third-order valence-electron chi connectivity index (χ3n) is 3.53. The fourth-order valence-corrected chi connectivity index (χ4v) is 2.29. The monoisotopic (exact) mass is 285 g/mol. The second-order valence-corrected chi connectivity index (χ2v) is 5.29. The number of aryl methyl sites for hydroxylation is 1. The van der Waals surface area contributed by atoms with Gasteiger partial charge < -0.3 is 9.73 Å². The van der Waals surface area contributed by atoms with Gasteiger partial charge in [-0.3, -0.25) is 4.79 Å². The van der Waals surface area contributed by atoms with E-state index in [0.29, 0.717) is 5.76 Å². The average molecular weight is 285 g/mol. The third-order valence-corrected chi connectivity index (χ3v) is 3.53. The number of hydrogen-bond donors (Lipinski definition) is 1. The van der Waals surface area contributed by atoms with Crippen LogP contribution in [-0.2, 0) is 6.42 Å². The van der Waals surface area contributed by atoms with Crippen LogP contribution in [0.5, 0.6) is 0 Å². The number of rotatable bonds is 8. The Morgan fingerprint density at radius 3 is 2.48 bits per heavy atom. The Balaban J connectivity index is 1.78. The predicted octanol–water partition coefficient (Wildman–Crippen LogP) is 5.04. The molecule has 0 unspecified atom stereocenters. The second kappa shape index (κ2) is 8.30. The lowest BCUT2D eigenvalue weighted by Gasteiger charge is -2.05. The minimum atomic E-state index is -0.215. The van der Waals surface area contributed by atoms with E-state index in [0.717, 1.165) is 12.1 Å². The average Bonchev–Trinajstić information content (AvgIpc) is 3.03. The molecule has 1 N–H and O–H groups in total. The molecule has 0 fully saturated rings. The van der Waals surface area contributed by atoms with E-state index in [1.165, 1.54) is 43.9 Å². The van der Waals surface area contributed by atoms with E-state index in [4.69, 9.17) is 4.42 Å². The molecule has 2 rings (SSSR count). The molecule has 21 heavy (non-hydrogen) atoms. The number of benzene rings is 1. The molecule has 0 bridgehead atoms. The van der Waals surface area contributed by atoms with E-state index < -0.39 is 0 Å². The summed E-state index contributed by atoms with van der Waals surface area (Å²) < 4.78 is 5.06. The highest BCUT2D eigenvalue weighted by Gasteiger charge is 2.08. The molecular formula is C18H23NO2. The van der Waals surface area contributed by atoms with Gasteiger partial charge in [-0.2, -0.15) is 0 Å². The first kappa shape index (κ1) is 15.4. The number of nitrogens with one attached hydrogen (secondary N) is 1. The number of amides is 1. The van der Waals surface area contributed by atoms with E-state index in [-0.39, 0.29) is 5.91 Å². The number of unbranched alkanes of at least 4 members (excludes halogenated alkanes) is 4. The SMILES string of the molecule is CCCCCCCc1ccc(NC(=O)c2ccco2)cc1. The van der Waals surface area contributed by atoms with Crippen LogP contribution < -0.4 is 5.32 Å². The fourth-order valence-electron chi connectivity index (χ4n) is 2.29. The normalized spacial score (nSPS) is 10.5. The maximum Gasteiger partial charge on any atom is 0.291 e. The molecule has 1 heterocycles. The van der Waals surface area contributed by atoms with Crippen molar-refractivity contribution in [3.8, 4) is 0 Å². The molecule has 0 radical (unpaired) electrons. The van der Waals surface area contributed by atoms with Crippen molar-refractivity contribution >= 4 is 11.6 Å². The first-order chi connectivity index (χ1) is 10.3. The molecule has 3 nitrogen and oxygen atoms in total. The van der Waals surface area contributed by atoms with E-state index in [1.54, 1.807) is 12.1 Å².